The molecule has 1 saturated heterocycles. The molecule has 4 rings (SSSR count). The first-order valence-corrected chi connectivity index (χ1v) is 10.6. The van der Waals surface area contributed by atoms with Gasteiger partial charge in [-0.25, -0.2) is 0 Å². The fourth-order valence-electron chi connectivity index (χ4n) is 4.17. The van der Waals surface area contributed by atoms with Gasteiger partial charge in [-0.1, -0.05) is 13.0 Å². The number of anilines is 2. The predicted molar refractivity (Wildman–Crippen MR) is 116 cm³/mol. The number of nitrogens with one attached hydrogen (secondary N) is 1. The Morgan fingerprint density at radius 2 is 1.75 bits per heavy atom. The monoisotopic (exact) mass is 488 g/mol. The van der Waals surface area contributed by atoms with E-state index in [4.69, 9.17) is 0 Å². The van der Waals surface area contributed by atoms with Gasteiger partial charge in [0, 0.05) is 14.8 Å². The van der Waals surface area contributed by atoms with Crippen LogP contribution in [0.1, 0.15) is 36.5 Å². The lowest BCUT2D eigenvalue weighted by molar-refractivity contribution is -0.122. The second-order valence-electron chi connectivity index (χ2n) is 7.65. The second kappa shape index (κ2) is 7.66. The van der Waals surface area contributed by atoms with Crippen molar-refractivity contribution >= 4 is 51.7 Å². The van der Waals surface area contributed by atoms with Gasteiger partial charge in [0.2, 0.25) is 11.8 Å². The number of benzene rings is 2. The molecular weight excluding hydrogens is 467 g/mol. The molecule has 2 aromatic rings. The highest BCUT2D eigenvalue weighted by Gasteiger charge is 2.50. The summed E-state index contributed by atoms with van der Waals surface area (Å²) in [5.41, 5.74) is 1.59. The maximum Gasteiger partial charge on any atom is 0.255 e. The molecule has 3 amide bonds. The van der Waals surface area contributed by atoms with E-state index in [-0.39, 0.29) is 29.6 Å². The summed E-state index contributed by atoms with van der Waals surface area (Å²) in [7, 11) is 0. The van der Waals surface area contributed by atoms with Crippen molar-refractivity contribution in [2.24, 2.45) is 17.8 Å². The molecular formula is C22H21IN2O3. The fraction of sp³-hybridized carbons (Fsp3) is 0.318. The zero-order chi connectivity index (χ0) is 19.8. The molecule has 144 valence electrons. The Hall–Kier alpha value is -2.22. The van der Waals surface area contributed by atoms with E-state index in [2.05, 4.69) is 34.8 Å². The summed E-state index contributed by atoms with van der Waals surface area (Å²) < 4.78 is 1.08. The zero-order valence-corrected chi connectivity index (χ0v) is 17.7. The van der Waals surface area contributed by atoms with E-state index < -0.39 is 0 Å². The third kappa shape index (κ3) is 3.57. The van der Waals surface area contributed by atoms with Crippen LogP contribution in [0, 0.1) is 21.3 Å². The van der Waals surface area contributed by atoms with Crippen molar-refractivity contribution in [2.45, 2.75) is 26.2 Å². The van der Waals surface area contributed by atoms with E-state index in [9.17, 15) is 14.4 Å². The molecule has 6 heteroatoms. The molecule has 5 nitrogen and oxygen atoms in total. The normalized spacial score (nSPS) is 24.2. The molecule has 28 heavy (non-hydrogen) atoms. The number of hydrogen-bond acceptors (Lipinski definition) is 3. The number of imide groups is 1. The summed E-state index contributed by atoms with van der Waals surface area (Å²) >= 11 is 2.20. The molecule has 2 aromatic carbocycles. The molecule has 1 heterocycles. The highest BCUT2D eigenvalue weighted by molar-refractivity contribution is 14.1. The van der Waals surface area contributed by atoms with Crippen LogP contribution in [0.3, 0.4) is 0 Å². The number of fused-ring (bicyclic) bond motifs is 1. The van der Waals surface area contributed by atoms with E-state index in [1.165, 1.54) is 4.90 Å². The summed E-state index contributed by atoms with van der Waals surface area (Å²) in [5, 5.41) is 2.85. The lowest BCUT2D eigenvalue weighted by Crippen LogP contribution is -2.31. The predicted octanol–water partition coefficient (Wildman–Crippen LogP) is 4.47. The smallest absolute Gasteiger partial charge is 0.255 e. The van der Waals surface area contributed by atoms with E-state index in [0.717, 1.165) is 22.8 Å². The van der Waals surface area contributed by atoms with Crippen LogP contribution in [0.25, 0.3) is 0 Å². The molecule has 0 bridgehead atoms. The topological polar surface area (TPSA) is 66.5 Å². The van der Waals surface area contributed by atoms with E-state index in [0.29, 0.717) is 22.9 Å². The number of halogens is 1. The lowest BCUT2D eigenvalue weighted by atomic mass is 9.76. The second-order valence-corrected chi connectivity index (χ2v) is 8.90. The Labute approximate surface area is 177 Å². The van der Waals surface area contributed by atoms with Crippen molar-refractivity contribution in [2.75, 3.05) is 10.2 Å². The van der Waals surface area contributed by atoms with Gasteiger partial charge in [-0.05, 0) is 90.2 Å². The van der Waals surface area contributed by atoms with E-state index >= 15 is 0 Å². The third-order valence-corrected chi connectivity index (χ3v) is 6.38. The maximum atomic E-state index is 12.9. The van der Waals surface area contributed by atoms with Crippen molar-refractivity contribution in [3.8, 4) is 0 Å². The van der Waals surface area contributed by atoms with Crippen molar-refractivity contribution in [1.82, 2.24) is 0 Å². The average molecular weight is 488 g/mol. The van der Waals surface area contributed by atoms with Gasteiger partial charge in [0.25, 0.3) is 5.91 Å². The standard InChI is InChI=1S/C22H21IN2O3/c1-13-5-10-18-19(11-13)22(28)25(21(18)27)17-4-2-3-14(12-17)20(26)24-16-8-6-15(23)7-9-16/h2-4,6-9,12-13,18-19H,5,10-11H2,1H3,(H,24,26)/t13-,18-,19+/m1/s1. The van der Waals surface area contributed by atoms with Crippen LogP contribution < -0.4 is 10.2 Å². The quantitative estimate of drug-likeness (QED) is 0.513. The highest BCUT2D eigenvalue weighted by Crippen LogP contribution is 2.42. The number of carbonyl (C=O) groups is 3. The van der Waals surface area contributed by atoms with Crippen molar-refractivity contribution in [3.63, 3.8) is 0 Å². The summed E-state index contributed by atoms with van der Waals surface area (Å²) in [6.07, 6.45) is 2.51. The Morgan fingerprint density at radius 3 is 2.50 bits per heavy atom. The molecule has 2 fully saturated rings. The molecule has 0 spiro atoms. The fourth-order valence-corrected chi connectivity index (χ4v) is 4.53. The summed E-state index contributed by atoms with van der Waals surface area (Å²) in [4.78, 5) is 39.7. The van der Waals surface area contributed by atoms with Crippen molar-refractivity contribution < 1.29 is 14.4 Å². The lowest BCUT2D eigenvalue weighted by Gasteiger charge is -2.25. The minimum atomic E-state index is -0.270. The van der Waals surface area contributed by atoms with Gasteiger partial charge in [-0.3, -0.25) is 19.3 Å². The Balaban J connectivity index is 1.56. The van der Waals surface area contributed by atoms with Gasteiger partial charge in [-0.2, -0.15) is 0 Å². The first-order chi connectivity index (χ1) is 13.4. The molecule has 3 atom stereocenters. The minimum Gasteiger partial charge on any atom is -0.322 e. The van der Waals surface area contributed by atoms with Crippen LogP contribution in [0.4, 0.5) is 11.4 Å². The van der Waals surface area contributed by atoms with E-state index in [1.807, 2.05) is 24.3 Å². The molecule has 1 saturated carbocycles. The van der Waals surface area contributed by atoms with Gasteiger partial charge in [0.15, 0.2) is 0 Å². The largest absolute Gasteiger partial charge is 0.322 e. The summed E-state index contributed by atoms with van der Waals surface area (Å²) in [6, 6.07) is 14.2. The SMILES string of the molecule is C[C@@H]1CC[C@H]2C(=O)N(c3cccc(C(=O)Nc4ccc(I)cc4)c3)C(=O)[C@H]2C1. The third-order valence-electron chi connectivity index (χ3n) is 5.66. The molecule has 1 N–H and O–H groups in total. The van der Waals surface area contributed by atoms with E-state index in [1.54, 1.807) is 24.3 Å². The summed E-state index contributed by atoms with van der Waals surface area (Å²) in [6.45, 7) is 2.13. The Morgan fingerprint density at radius 1 is 1.04 bits per heavy atom. The van der Waals surface area contributed by atoms with Crippen LogP contribution in [0.5, 0.6) is 0 Å². The van der Waals surface area contributed by atoms with Crippen LogP contribution in [-0.2, 0) is 9.59 Å². The van der Waals surface area contributed by atoms with Crippen LogP contribution in [0.15, 0.2) is 48.5 Å². The van der Waals surface area contributed by atoms with Gasteiger partial charge in [-0.15, -0.1) is 0 Å². The van der Waals surface area contributed by atoms with Gasteiger partial charge >= 0.3 is 0 Å². The van der Waals surface area contributed by atoms with Crippen LogP contribution >= 0.6 is 22.6 Å². The maximum absolute atomic E-state index is 12.9. The Kier molecular flexibility index (Phi) is 5.23. The molecule has 2 aliphatic rings. The van der Waals surface area contributed by atoms with Crippen molar-refractivity contribution in [3.05, 3.63) is 57.7 Å². The van der Waals surface area contributed by atoms with Gasteiger partial charge < -0.3 is 5.32 Å². The van der Waals surface area contributed by atoms with Crippen LogP contribution in [0.2, 0.25) is 0 Å². The average Bonchev–Trinajstić information content (AvgIpc) is 2.93. The number of rotatable bonds is 3. The number of hydrogen-bond donors (Lipinski definition) is 1. The molecule has 1 aliphatic carbocycles. The highest BCUT2D eigenvalue weighted by atomic mass is 127. The van der Waals surface area contributed by atoms with Gasteiger partial charge in [0.1, 0.15) is 0 Å². The van der Waals surface area contributed by atoms with Crippen LogP contribution in [-0.4, -0.2) is 17.7 Å². The van der Waals surface area contributed by atoms with Crippen molar-refractivity contribution in [1.29, 1.82) is 0 Å². The first kappa shape index (κ1) is 19.1. The number of amides is 3. The zero-order valence-electron chi connectivity index (χ0n) is 15.5. The Bertz CT molecular complexity index is 941. The van der Waals surface area contributed by atoms with Gasteiger partial charge in [0.05, 0.1) is 17.5 Å². The first-order valence-electron chi connectivity index (χ1n) is 9.49. The summed E-state index contributed by atoms with van der Waals surface area (Å²) in [5.74, 6) is -0.500. The molecule has 1 aliphatic heterocycles. The number of carbonyl (C=O) groups excluding carboxylic acids is 3. The number of nitrogens with zero attached hydrogens (tertiary/aromatic N) is 1. The molecule has 0 aromatic heterocycles. The minimum absolute atomic E-state index is 0.128. The molecule has 0 radical (unpaired) electrons. The molecule has 0 unspecified atom stereocenters.